The van der Waals surface area contributed by atoms with E-state index < -0.39 is 5.97 Å². The topological polar surface area (TPSA) is 37.3 Å². The Morgan fingerprint density at radius 2 is 2.23 bits per heavy atom. The number of aryl methyl sites for hydroxylation is 1. The van der Waals surface area contributed by atoms with Crippen LogP contribution in [0.5, 0.6) is 0 Å². The molecule has 0 aliphatic carbocycles. The number of benzene rings is 1. The van der Waals surface area contributed by atoms with Crippen molar-refractivity contribution in [3.8, 4) is 0 Å². The zero-order chi connectivity index (χ0) is 9.84. The van der Waals surface area contributed by atoms with Crippen LogP contribution in [0.15, 0.2) is 18.2 Å². The SMILES string of the molecule is CSCc1ccc(C(=O)O)cc1C. The van der Waals surface area contributed by atoms with Crippen LogP contribution in [0, 0.1) is 6.92 Å². The summed E-state index contributed by atoms with van der Waals surface area (Å²) in [5.74, 6) is 0.0740. The molecule has 0 aliphatic heterocycles. The molecule has 1 aromatic carbocycles. The van der Waals surface area contributed by atoms with Crippen LogP contribution in [-0.2, 0) is 5.75 Å². The zero-order valence-electron chi connectivity index (χ0n) is 7.70. The first-order chi connectivity index (χ1) is 6.15. The fraction of sp³-hybridized carbons (Fsp3) is 0.300. The van der Waals surface area contributed by atoms with Crippen LogP contribution in [-0.4, -0.2) is 17.3 Å². The number of carboxylic acid groups (broad SMARTS) is 1. The minimum Gasteiger partial charge on any atom is -0.478 e. The van der Waals surface area contributed by atoms with Crippen molar-refractivity contribution in [2.45, 2.75) is 12.7 Å². The van der Waals surface area contributed by atoms with E-state index in [1.807, 2.05) is 19.2 Å². The maximum absolute atomic E-state index is 10.6. The van der Waals surface area contributed by atoms with Gasteiger partial charge in [0.15, 0.2) is 0 Å². The number of rotatable bonds is 3. The summed E-state index contributed by atoms with van der Waals surface area (Å²) in [4.78, 5) is 10.6. The van der Waals surface area contributed by atoms with E-state index in [0.29, 0.717) is 5.56 Å². The second-order valence-electron chi connectivity index (χ2n) is 2.88. The predicted molar refractivity (Wildman–Crippen MR) is 55.4 cm³/mol. The number of hydrogen-bond donors (Lipinski definition) is 1. The Morgan fingerprint density at radius 1 is 1.54 bits per heavy atom. The van der Waals surface area contributed by atoms with Crippen LogP contribution in [0.3, 0.4) is 0 Å². The molecule has 0 amide bonds. The monoisotopic (exact) mass is 196 g/mol. The summed E-state index contributed by atoms with van der Waals surface area (Å²) in [6.07, 6.45) is 2.03. The van der Waals surface area contributed by atoms with E-state index >= 15 is 0 Å². The summed E-state index contributed by atoms with van der Waals surface area (Å²) in [6.45, 7) is 1.94. The molecule has 0 aliphatic rings. The summed E-state index contributed by atoms with van der Waals surface area (Å²) in [5, 5.41) is 8.72. The normalized spacial score (nSPS) is 10.0. The molecule has 0 aromatic heterocycles. The van der Waals surface area contributed by atoms with E-state index in [1.165, 1.54) is 5.56 Å². The highest BCUT2D eigenvalue weighted by Crippen LogP contribution is 2.15. The highest BCUT2D eigenvalue weighted by atomic mass is 32.2. The van der Waals surface area contributed by atoms with Crippen molar-refractivity contribution in [3.63, 3.8) is 0 Å². The van der Waals surface area contributed by atoms with Crippen molar-refractivity contribution in [1.29, 1.82) is 0 Å². The third-order valence-electron chi connectivity index (χ3n) is 1.89. The van der Waals surface area contributed by atoms with Gasteiger partial charge in [0, 0.05) is 5.75 Å². The molecule has 1 N–H and O–H groups in total. The molecular formula is C10H12O2S. The van der Waals surface area contributed by atoms with Crippen molar-refractivity contribution >= 4 is 17.7 Å². The van der Waals surface area contributed by atoms with E-state index in [-0.39, 0.29) is 0 Å². The fourth-order valence-corrected chi connectivity index (χ4v) is 1.78. The summed E-state index contributed by atoms with van der Waals surface area (Å²) >= 11 is 1.74. The molecule has 0 saturated heterocycles. The van der Waals surface area contributed by atoms with Gasteiger partial charge in [-0.25, -0.2) is 4.79 Å². The van der Waals surface area contributed by atoms with Gasteiger partial charge < -0.3 is 5.11 Å². The minimum absolute atomic E-state index is 0.363. The number of aromatic carboxylic acids is 1. The lowest BCUT2D eigenvalue weighted by Crippen LogP contribution is -1.98. The Hall–Kier alpha value is -0.960. The summed E-state index contributed by atoms with van der Waals surface area (Å²) in [6, 6.07) is 5.25. The molecule has 13 heavy (non-hydrogen) atoms. The molecule has 0 spiro atoms. The molecule has 0 atom stereocenters. The summed E-state index contributed by atoms with van der Waals surface area (Å²) < 4.78 is 0. The van der Waals surface area contributed by atoms with Gasteiger partial charge in [-0.05, 0) is 36.4 Å². The third kappa shape index (κ3) is 2.49. The summed E-state index contributed by atoms with van der Waals surface area (Å²) in [7, 11) is 0. The molecule has 70 valence electrons. The van der Waals surface area contributed by atoms with Crippen molar-refractivity contribution in [2.24, 2.45) is 0 Å². The molecule has 0 fully saturated rings. The number of carboxylic acids is 1. The number of hydrogen-bond acceptors (Lipinski definition) is 2. The van der Waals surface area contributed by atoms with Crippen LogP contribution in [0.4, 0.5) is 0 Å². The first-order valence-electron chi connectivity index (χ1n) is 3.97. The largest absolute Gasteiger partial charge is 0.478 e. The standard InChI is InChI=1S/C10H12O2S/c1-7-5-8(10(11)12)3-4-9(7)6-13-2/h3-5H,6H2,1-2H3,(H,11,12). The van der Waals surface area contributed by atoms with Crippen LogP contribution >= 0.6 is 11.8 Å². The van der Waals surface area contributed by atoms with Gasteiger partial charge in [0.25, 0.3) is 0 Å². The summed E-state index contributed by atoms with van der Waals surface area (Å²) in [5.41, 5.74) is 2.62. The van der Waals surface area contributed by atoms with Crippen molar-refractivity contribution in [1.82, 2.24) is 0 Å². The van der Waals surface area contributed by atoms with Crippen LogP contribution in [0.1, 0.15) is 21.5 Å². The maximum atomic E-state index is 10.6. The number of thioether (sulfide) groups is 1. The fourth-order valence-electron chi connectivity index (χ4n) is 1.15. The van der Waals surface area contributed by atoms with E-state index in [2.05, 4.69) is 0 Å². The Morgan fingerprint density at radius 3 is 2.69 bits per heavy atom. The van der Waals surface area contributed by atoms with Gasteiger partial charge in [-0.3, -0.25) is 0 Å². The smallest absolute Gasteiger partial charge is 0.335 e. The van der Waals surface area contributed by atoms with Crippen LogP contribution < -0.4 is 0 Å². The van der Waals surface area contributed by atoms with Crippen molar-refractivity contribution in [3.05, 3.63) is 34.9 Å². The van der Waals surface area contributed by atoms with Crippen LogP contribution in [0.2, 0.25) is 0 Å². The van der Waals surface area contributed by atoms with Crippen molar-refractivity contribution in [2.75, 3.05) is 6.26 Å². The molecule has 1 aromatic rings. The van der Waals surface area contributed by atoms with E-state index in [4.69, 9.17) is 5.11 Å². The molecule has 3 heteroatoms. The molecule has 0 radical (unpaired) electrons. The Kier molecular flexibility index (Phi) is 3.37. The first kappa shape index (κ1) is 10.1. The molecule has 0 unspecified atom stereocenters. The van der Waals surface area contributed by atoms with Gasteiger partial charge in [-0.1, -0.05) is 6.07 Å². The second-order valence-corrected chi connectivity index (χ2v) is 3.75. The highest BCUT2D eigenvalue weighted by Gasteiger charge is 2.04. The quantitative estimate of drug-likeness (QED) is 0.807. The molecule has 0 saturated carbocycles. The molecular weight excluding hydrogens is 184 g/mol. The Labute approximate surface area is 82.0 Å². The zero-order valence-corrected chi connectivity index (χ0v) is 8.52. The Balaban J connectivity index is 2.98. The predicted octanol–water partition coefficient (Wildman–Crippen LogP) is 2.56. The third-order valence-corrected chi connectivity index (χ3v) is 2.49. The van der Waals surface area contributed by atoms with E-state index in [1.54, 1.807) is 23.9 Å². The first-order valence-corrected chi connectivity index (χ1v) is 5.36. The maximum Gasteiger partial charge on any atom is 0.335 e. The lowest BCUT2D eigenvalue weighted by Gasteiger charge is -2.04. The highest BCUT2D eigenvalue weighted by molar-refractivity contribution is 7.97. The van der Waals surface area contributed by atoms with Crippen LogP contribution in [0.25, 0.3) is 0 Å². The van der Waals surface area contributed by atoms with Gasteiger partial charge in [-0.2, -0.15) is 11.8 Å². The average Bonchev–Trinajstić information content (AvgIpc) is 2.08. The van der Waals surface area contributed by atoms with Gasteiger partial charge in [0.2, 0.25) is 0 Å². The number of carbonyl (C=O) groups is 1. The minimum atomic E-state index is -0.862. The van der Waals surface area contributed by atoms with Gasteiger partial charge in [0.1, 0.15) is 0 Å². The average molecular weight is 196 g/mol. The molecule has 0 bridgehead atoms. The van der Waals surface area contributed by atoms with E-state index in [0.717, 1.165) is 11.3 Å². The van der Waals surface area contributed by atoms with Crippen molar-refractivity contribution < 1.29 is 9.90 Å². The van der Waals surface area contributed by atoms with Gasteiger partial charge in [0.05, 0.1) is 5.56 Å². The Bertz CT molecular complexity index is 321. The lowest BCUT2D eigenvalue weighted by molar-refractivity contribution is 0.0697. The van der Waals surface area contributed by atoms with Gasteiger partial charge in [-0.15, -0.1) is 0 Å². The lowest BCUT2D eigenvalue weighted by atomic mass is 10.1. The molecule has 1 rings (SSSR count). The molecule has 2 nitrogen and oxygen atoms in total. The van der Waals surface area contributed by atoms with E-state index in [9.17, 15) is 4.79 Å². The second kappa shape index (κ2) is 4.33. The van der Waals surface area contributed by atoms with Gasteiger partial charge >= 0.3 is 5.97 Å². The molecule has 0 heterocycles.